The summed E-state index contributed by atoms with van der Waals surface area (Å²) in [6.45, 7) is 8.41. The Kier molecular flexibility index (Phi) is 4.93. The molecule has 4 nitrogen and oxygen atoms in total. The second-order valence-corrected chi connectivity index (χ2v) is 5.04. The number of anilines is 1. The smallest absolute Gasteiger partial charge is 0.147 e. The molecule has 1 atom stereocenters. The molecule has 1 aliphatic rings. The summed E-state index contributed by atoms with van der Waals surface area (Å²) in [4.78, 5) is 11.4. The predicted octanol–water partition coefficient (Wildman–Crippen LogP) is 2.21. The second kappa shape index (κ2) is 6.69. The molecule has 0 aromatic carbocycles. The van der Waals surface area contributed by atoms with Gasteiger partial charge in [0.05, 0.1) is 18.1 Å². The molecule has 4 heteroatoms. The Bertz CT molecular complexity index is 349. The molecule has 1 aromatic heterocycles. The average molecular weight is 248 g/mol. The molecule has 0 bridgehead atoms. The third-order valence-electron chi connectivity index (χ3n) is 3.55. The van der Waals surface area contributed by atoms with Gasteiger partial charge in [0.2, 0.25) is 0 Å². The van der Waals surface area contributed by atoms with Gasteiger partial charge in [0.1, 0.15) is 5.82 Å². The highest BCUT2D eigenvalue weighted by Crippen LogP contribution is 2.24. The fraction of sp³-hybridized carbons (Fsp3) is 0.714. The van der Waals surface area contributed by atoms with Crippen LogP contribution in [0.5, 0.6) is 0 Å². The van der Waals surface area contributed by atoms with Gasteiger partial charge in [-0.25, -0.2) is 4.98 Å². The molecule has 0 amide bonds. The van der Waals surface area contributed by atoms with Gasteiger partial charge in [-0.3, -0.25) is 4.98 Å². The minimum absolute atomic E-state index is 0.808. The fourth-order valence-electron chi connectivity index (χ4n) is 2.54. The van der Waals surface area contributed by atoms with E-state index in [0.717, 1.165) is 43.6 Å². The number of nitrogens with one attached hydrogen (secondary N) is 1. The zero-order chi connectivity index (χ0) is 12.8. The van der Waals surface area contributed by atoms with Gasteiger partial charge in [-0.2, -0.15) is 0 Å². The summed E-state index contributed by atoms with van der Waals surface area (Å²) >= 11 is 0. The molecule has 100 valence electrons. The normalized spacial score (nSPS) is 19.4. The lowest BCUT2D eigenvalue weighted by molar-refractivity contribution is 0.529. The Labute approximate surface area is 110 Å². The topological polar surface area (TPSA) is 41.1 Å². The monoisotopic (exact) mass is 248 g/mol. The van der Waals surface area contributed by atoms with Crippen molar-refractivity contribution < 1.29 is 0 Å². The molecule has 1 fully saturated rings. The minimum atomic E-state index is 0.808. The summed E-state index contributed by atoms with van der Waals surface area (Å²) in [7, 11) is 0. The summed E-state index contributed by atoms with van der Waals surface area (Å²) in [5.41, 5.74) is 1.02. The van der Waals surface area contributed by atoms with Gasteiger partial charge in [-0.05, 0) is 25.3 Å². The van der Waals surface area contributed by atoms with Crippen molar-refractivity contribution in [1.29, 1.82) is 0 Å². The van der Waals surface area contributed by atoms with Crippen molar-refractivity contribution in [2.45, 2.75) is 39.7 Å². The van der Waals surface area contributed by atoms with E-state index in [1.165, 1.54) is 19.3 Å². The number of hydrogen-bond acceptors (Lipinski definition) is 4. The van der Waals surface area contributed by atoms with Gasteiger partial charge >= 0.3 is 0 Å². The van der Waals surface area contributed by atoms with Gasteiger partial charge < -0.3 is 10.2 Å². The van der Waals surface area contributed by atoms with E-state index in [-0.39, 0.29) is 0 Å². The van der Waals surface area contributed by atoms with Crippen LogP contribution in [-0.2, 0) is 6.54 Å². The molecule has 0 saturated carbocycles. The Morgan fingerprint density at radius 2 is 2.22 bits per heavy atom. The number of hydrogen-bond donors (Lipinski definition) is 1. The van der Waals surface area contributed by atoms with Crippen LogP contribution in [0.3, 0.4) is 0 Å². The highest BCUT2D eigenvalue weighted by atomic mass is 15.2. The van der Waals surface area contributed by atoms with Crippen molar-refractivity contribution in [1.82, 2.24) is 15.3 Å². The van der Waals surface area contributed by atoms with Gasteiger partial charge in [0, 0.05) is 19.6 Å². The molecule has 1 aromatic rings. The van der Waals surface area contributed by atoms with Crippen LogP contribution in [0.1, 0.15) is 38.8 Å². The summed E-state index contributed by atoms with van der Waals surface area (Å²) in [6.07, 6.45) is 7.73. The lowest BCUT2D eigenvalue weighted by atomic mass is 10.0. The highest BCUT2D eigenvalue weighted by molar-refractivity contribution is 5.37. The van der Waals surface area contributed by atoms with Crippen molar-refractivity contribution in [3.05, 3.63) is 18.1 Å². The average Bonchev–Trinajstić information content (AvgIpc) is 2.86. The molecule has 2 rings (SSSR count). The standard InChI is InChI=1S/C14H24N4/c1-3-5-12-6-7-18(11-12)14-10-16-13(9-17-14)8-15-4-2/h9-10,12,15H,3-8,11H2,1-2H3. The second-order valence-electron chi connectivity index (χ2n) is 5.04. The minimum Gasteiger partial charge on any atom is -0.355 e. The van der Waals surface area contributed by atoms with Crippen LogP contribution in [-0.4, -0.2) is 29.6 Å². The van der Waals surface area contributed by atoms with E-state index in [9.17, 15) is 0 Å². The van der Waals surface area contributed by atoms with Gasteiger partial charge in [-0.15, -0.1) is 0 Å². The van der Waals surface area contributed by atoms with E-state index in [4.69, 9.17) is 0 Å². The number of rotatable bonds is 6. The van der Waals surface area contributed by atoms with Gasteiger partial charge in [0.15, 0.2) is 0 Å². The summed E-state index contributed by atoms with van der Waals surface area (Å²) < 4.78 is 0. The molecule has 1 unspecified atom stereocenters. The van der Waals surface area contributed by atoms with Crippen molar-refractivity contribution in [2.75, 3.05) is 24.5 Å². The van der Waals surface area contributed by atoms with Crippen LogP contribution in [0.25, 0.3) is 0 Å². The van der Waals surface area contributed by atoms with Gasteiger partial charge in [0.25, 0.3) is 0 Å². The molecule has 0 radical (unpaired) electrons. The van der Waals surface area contributed by atoms with E-state index >= 15 is 0 Å². The van der Waals surface area contributed by atoms with Crippen LogP contribution >= 0.6 is 0 Å². The molecule has 0 spiro atoms. The van der Waals surface area contributed by atoms with E-state index in [1.54, 1.807) is 0 Å². The molecule has 18 heavy (non-hydrogen) atoms. The maximum Gasteiger partial charge on any atom is 0.147 e. The quantitative estimate of drug-likeness (QED) is 0.838. The molecule has 1 N–H and O–H groups in total. The van der Waals surface area contributed by atoms with Crippen LogP contribution in [0.2, 0.25) is 0 Å². The molecular weight excluding hydrogens is 224 g/mol. The van der Waals surface area contributed by atoms with Crippen molar-refractivity contribution in [3.63, 3.8) is 0 Å². The first-order valence-electron chi connectivity index (χ1n) is 7.10. The maximum atomic E-state index is 4.53. The van der Waals surface area contributed by atoms with E-state index in [1.807, 2.05) is 12.4 Å². The maximum absolute atomic E-state index is 4.53. The van der Waals surface area contributed by atoms with Crippen LogP contribution in [0, 0.1) is 5.92 Å². The van der Waals surface area contributed by atoms with Gasteiger partial charge in [-0.1, -0.05) is 20.3 Å². The Morgan fingerprint density at radius 3 is 2.89 bits per heavy atom. The van der Waals surface area contributed by atoms with Crippen LogP contribution < -0.4 is 10.2 Å². The summed E-state index contributed by atoms with van der Waals surface area (Å²) in [6, 6.07) is 0. The Balaban J connectivity index is 1.90. The number of nitrogens with zero attached hydrogens (tertiary/aromatic N) is 3. The molecule has 1 saturated heterocycles. The summed E-state index contributed by atoms with van der Waals surface area (Å²) in [5.74, 6) is 1.88. The largest absolute Gasteiger partial charge is 0.355 e. The van der Waals surface area contributed by atoms with Crippen molar-refractivity contribution >= 4 is 5.82 Å². The molecule has 2 heterocycles. The predicted molar refractivity (Wildman–Crippen MR) is 74.6 cm³/mol. The Morgan fingerprint density at radius 1 is 1.33 bits per heavy atom. The third-order valence-corrected chi connectivity index (χ3v) is 3.55. The van der Waals surface area contributed by atoms with Crippen LogP contribution in [0.4, 0.5) is 5.82 Å². The SMILES string of the molecule is CCCC1CCN(c2cnc(CNCC)cn2)C1. The first-order valence-corrected chi connectivity index (χ1v) is 7.10. The highest BCUT2D eigenvalue weighted by Gasteiger charge is 2.22. The lowest BCUT2D eigenvalue weighted by Gasteiger charge is -2.17. The molecular formula is C14H24N4. The Hall–Kier alpha value is -1.16. The van der Waals surface area contributed by atoms with Crippen molar-refractivity contribution in [3.8, 4) is 0 Å². The van der Waals surface area contributed by atoms with E-state index in [0.29, 0.717) is 0 Å². The van der Waals surface area contributed by atoms with Crippen LogP contribution in [0.15, 0.2) is 12.4 Å². The van der Waals surface area contributed by atoms with Crippen molar-refractivity contribution in [2.24, 2.45) is 5.92 Å². The summed E-state index contributed by atoms with van der Waals surface area (Å²) in [5, 5.41) is 3.26. The zero-order valence-corrected chi connectivity index (χ0v) is 11.5. The molecule has 1 aliphatic heterocycles. The van der Waals surface area contributed by atoms with E-state index in [2.05, 4.69) is 34.0 Å². The third kappa shape index (κ3) is 3.42. The number of aromatic nitrogens is 2. The zero-order valence-electron chi connectivity index (χ0n) is 11.5. The first-order chi connectivity index (χ1) is 8.83. The van der Waals surface area contributed by atoms with E-state index < -0.39 is 0 Å². The lowest BCUT2D eigenvalue weighted by Crippen LogP contribution is -2.21. The fourth-order valence-corrected chi connectivity index (χ4v) is 2.54. The first kappa shape index (κ1) is 13.3. The molecule has 0 aliphatic carbocycles.